The van der Waals surface area contributed by atoms with Gasteiger partial charge in [-0.15, -0.1) is 0 Å². The highest BCUT2D eigenvalue weighted by molar-refractivity contribution is 7.61. The molecule has 3 aromatic rings. The highest BCUT2D eigenvalue weighted by Gasteiger charge is 2.49. The Bertz CT molecular complexity index is 1630. The van der Waals surface area contributed by atoms with Crippen LogP contribution in [-0.4, -0.2) is 99.4 Å². The summed E-state index contributed by atoms with van der Waals surface area (Å²) in [7, 11) is -10.6. The summed E-state index contributed by atoms with van der Waals surface area (Å²) in [5, 5.41) is 41.9. The molecule has 44 heavy (non-hydrogen) atoms. The summed E-state index contributed by atoms with van der Waals surface area (Å²) < 4.78 is 47.1. The molecule has 0 radical (unpaired) electrons. The molecule has 1 aliphatic carbocycles. The summed E-state index contributed by atoms with van der Waals surface area (Å²) in [6, 6.07) is 2.21. The number of aliphatic hydroxyl groups is 4. The Morgan fingerprint density at radius 1 is 1.05 bits per heavy atom. The molecule has 1 aliphatic heterocycles. The van der Waals surface area contributed by atoms with Gasteiger partial charge in [0.15, 0.2) is 36.1 Å². The first-order valence-electron chi connectivity index (χ1n) is 12.9. The number of anilines is 1. The van der Waals surface area contributed by atoms with Crippen LogP contribution >= 0.6 is 15.6 Å². The van der Waals surface area contributed by atoms with Gasteiger partial charge >= 0.3 is 15.6 Å². The molecule has 1 amide bonds. The maximum Gasteiger partial charge on any atom is 0.481 e. The minimum Gasteiger partial charge on any atom is -0.390 e. The highest BCUT2D eigenvalue weighted by Crippen LogP contribution is 2.61. The number of carbonyl (C=O) groups excluding carboxylic acids is 1. The van der Waals surface area contributed by atoms with E-state index in [9.17, 15) is 44.1 Å². The van der Waals surface area contributed by atoms with E-state index >= 15 is 0 Å². The van der Waals surface area contributed by atoms with Crippen LogP contribution in [0.1, 0.15) is 29.0 Å². The second kappa shape index (κ2) is 12.4. The molecule has 0 spiro atoms. The topological polar surface area (TPSA) is 309 Å². The van der Waals surface area contributed by atoms with Gasteiger partial charge in [-0.25, -0.2) is 24.1 Å². The molecule has 1 saturated carbocycles. The van der Waals surface area contributed by atoms with Gasteiger partial charge in [0.25, 0.3) is 5.91 Å². The van der Waals surface area contributed by atoms with Gasteiger partial charge in [0.1, 0.15) is 41.8 Å². The number of rotatable bonds is 11. The zero-order valence-electron chi connectivity index (χ0n) is 22.5. The van der Waals surface area contributed by atoms with E-state index in [1.165, 1.54) is 40.0 Å². The third kappa shape index (κ3) is 6.66. The third-order valence-electron chi connectivity index (χ3n) is 7.32. The molecule has 0 bridgehead atoms. The Labute approximate surface area is 247 Å². The molecular weight excluding hydrogens is 632 g/mol. The Balaban J connectivity index is 1.16. The number of fused-ring (bicyclic) bond motifs is 1. The van der Waals surface area contributed by atoms with Crippen molar-refractivity contribution in [2.45, 2.75) is 49.2 Å². The molecule has 4 heterocycles. The van der Waals surface area contributed by atoms with Crippen LogP contribution in [0, 0.1) is 5.92 Å². The lowest BCUT2D eigenvalue weighted by molar-refractivity contribution is -0.728. The summed E-state index contributed by atoms with van der Waals surface area (Å²) in [4.78, 5) is 43.5. The van der Waals surface area contributed by atoms with Gasteiger partial charge in [-0.2, -0.15) is 8.88 Å². The van der Waals surface area contributed by atoms with Crippen molar-refractivity contribution in [2.24, 2.45) is 11.7 Å². The first-order valence-corrected chi connectivity index (χ1v) is 15.9. The average molecular weight is 662 g/mol. The molecule has 0 aromatic carbocycles. The second-order valence-corrected chi connectivity index (χ2v) is 13.2. The third-order valence-corrected chi connectivity index (χ3v) is 9.92. The van der Waals surface area contributed by atoms with Crippen molar-refractivity contribution in [3.8, 4) is 0 Å². The number of phosphoric acid groups is 2. The van der Waals surface area contributed by atoms with Crippen LogP contribution in [-0.2, 0) is 27.2 Å². The van der Waals surface area contributed by atoms with Gasteiger partial charge in [0.05, 0.1) is 25.6 Å². The molecule has 10 atom stereocenters. The number of imidazole rings is 1. The normalized spacial score (nSPS) is 31.6. The van der Waals surface area contributed by atoms with E-state index in [0.717, 1.165) is 6.33 Å². The quantitative estimate of drug-likeness (QED) is 0.0787. The lowest BCUT2D eigenvalue weighted by Crippen LogP contribution is -2.45. The number of primary amides is 1. The lowest BCUT2D eigenvalue weighted by Gasteiger charge is -2.20. The van der Waals surface area contributed by atoms with E-state index in [-0.39, 0.29) is 29.0 Å². The van der Waals surface area contributed by atoms with Crippen LogP contribution in [0.15, 0.2) is 37.2 Å². The number of hydrogen-bond donors (Lipinski definition) is 8. The van der Waals surface area contributed by atoms with Crippen molar-refractivity contribution in [1.82, 2.24) is 19.5 Å². The standard InChI is InChI=1S/C22H29N7O13P2/c23-19-14-21(26-8-25-19)29(9-27-14)22-18(33)17(32)13(41-22)7-40-44(37,38)42-43(35,36)39-6-11-4-12(16(31)15(11)30)28-3-1-2-10(5-28)20(24)34/h1-3,5,8-9,11-13,15-18,22,30-33H,4,6-7H2,(H5-,23,24,25,26,34,35,36,37,38)/p+1/t11-,12-,13+,15+,16-,17-,18-,22-/m0/s1. The summed E-state index contributed by atoms with van der Waals surface area (Å²) in [5.41, 5.74) is 11.6. The van der Waals surface area contributed by atoms with E-state index < -0.39 is 83.5 Å². The highest BCUT2D eigenvalue weighted by atomic mass is 31.3. The Morgan fingerprint density at radius 3 is 2.45 bits per heavy atom. The number of carbonyl (C=O) groups is 1. The molecule has 2 aliphatic rings. The van der Waals surface area contributed by atoms with E-state index in [1.807, 2.05) is 0 Å². The molecule has 3 aromatic heterocycles. The minimum atomic E-state index is -5.33. The predicted molar refractivity (Wildman–Crippen MR) is 143 cm³/mol. The SMILES string of the molecule is NC(=O)c1ccc[n+]([C@H]2C[C@@H](COP(=O)(O)OP(=O)(O)OC[C@H]3O[C@H](n4cnc5c(N)ncnc54)[C@@H](O)[C@H]3O)[C@@H](O)[C@H]2O)c1. The Hall–Kier alpha value is -2.97. The van der Waals surface area contributed by atoms with Gasteiger partial charge in [0, 0.05) is 18.4 Å². The first kappa shape index (κ1) is 32.4. The van der Waals surface area contributed by atoms with Crippen molar-refractivity contribution < 1.29 is 66.8 Å². The van der Waals surface area contributed by atoms with Crippen LogP contribution in [0.5, 0.6) is 0 Å². The number of nitrogens with zero attached hydrogens (tertiary/aromatic N) is 5. The number of ether oxygens (including phenoxy) is 1. The van der Waals surface area contributed by atoms with Gasteiger partial charge in [-0.05, 0) is 6.07 Å². The smallest absolute Gasteiger partial charge is 0.390 e. The number of nitrogen functional groups attached to an aromatic ring is 1. The fraction of sp³-hybridized carbons (Fsp3) is 0.500. The molecule has 2 unspecified atom stereocenters. The van der Waals surface area contributed by atoms with E-state index in [4.69, 9.17) is 25.3 Å². The first-order chi connectivity index (χ1) is 20.7. The minimum absolute atomic E-state index is 0.0216. The maximum atomic E-state index is 12.5. The number of hydrogen-bond acceptors (Lipinski definition) is 15. The Morgan fingerprint density at radius 2 is 1.75 bits per heavy atom. The van der Waals surface area contributed by atoms with Gasteiger partial charge < -0.3 is 46.4 Å². The van der Waals surface area contributed by atoms with Crippen molar-refractivity contribution in [2.75, 3.05) is 18.9 Å². The number of nitrogens with two attached hydrogens (primary N) is 2. The average Bonchev–Trinajstić information content (AvgIpc) is 3.61. The number of pyridine rings is 1. The van der Waals surface area contributed by atoms with Crippen molar-refractivity contribution in [1.29, 1.82) is 0 Å². The zero-order chi connectivity index (χ0) is 32.0. The summed E-state index contributed by atoms with van der Waals surface area (Å²) in [5.74, 6) is -1.58. The molecule has 20 nitrogen and oxygen atoms in total. The zero-order valence-corrected chi connectivity index (χ0v) is 24.3. The molecule has 1 saturated heterocycles. The largest absolute Gasteiger partial charge is 0.481 e. The lowest BCUT2D eigenvalue weighted by atomic mass is 10.1. The van der Waals surface area contributed by atoms with Crippen molar-refractivity contribution in [3.05, 3.63) is 42.7 Å². The fourth-order valence-electron chi connectivity index (χ4n) is 5.09. The molecule has 22 heteroatoms. The van der Waals surface area contributed by atoms with E-state index in [0.29, 0.717) is 0 Å². The summed E-state index contributed by atoms with van der Waals surface area (Å²) >= 11 is 0. The number of amides is 1. The van der Waals surface area contributed by atoms with Gasteiger partial charge in [-0.1, -0.05) is 0 Å². The number of aliphatic hydroxyl groups excluding tert-OH is 4. The molecule has 2 fully saturated rings. The fourth-order valence-corrected chi connectivity index (χ4v) is 7.23. The van der Waals surface area contributed by atoms with Gasteiger partial charge in [-0.3, -0.25) is 18.4 Å². The molecule has 5 rings (SSSR count). The van der Waals surface area contributed by atoms with Crippen LogP contribution < -0.4 is 16.0 Å². The summed E-state index contributed by atoms with van der Waals surface area (Å²) in [6.07, 6.45) is -3.36. The van der Waals surface area contributed by atoms with Crippen LogP contribution in [0.25, 0.3) is 11.2 Å². The maximum absolute atomic E-state index is 12.5. The predicted octanol–water partition coefficient (Wildman–Crippen LogP) is -2.35. The van der Waals surface area contributed by atoms with E-state index in [2.05, 4.69) is 19.3 Å². The van der Waals surface area contributed by atoms with Crippen LogP contribution in [0.3, 0.4) is 0 Å². The Kier molecular flexibility index (Phi) is 9.16. The second-order valence-electron chi connectivity index (χ2n) is 10.2. The number of phosphoric ester groups is 2. The van der Waals surface area contributed by atoms with Crippen molar-refractivity contribution >= 4 is 38.5 Å². The van der Waals surface area contributed by atoms with Gasteiger partial charge in [0.2, 0.25) is 0 Å². The molecule has 10 N–H and O–H groups in total. The van der Waals surface area contributed by atoms with Crippen LogP contribution in [0.2, 0.25) is 0 Å². The monoisotopic (exact) mass is 662 g/mol. The summed E-state index contributed by atoms with van der Waals surface area (Å²) in [6.45, 7) is -1.55. The van der Waals surface area contributed by atoms with Crippen LogP contribution in [0.4, 0.5) is 5.82 Å². The van der Waals surface area contributed by atoms with E-state index in [1.54, 1.807) is 0 Å². The molecule has 240 valence electrons. The molecular formula is C22H30N7O13P2+. The van der Waals surface area contributed by atoms with Crippen molar-refractivity contribution in [3.63, 3.8) is 0 Å². The number of aromatic nitrogens is 5.